The van der Waals surface area contributed by atoms with Gasteiger partial charge < -0.3 is 9.64 Å². The van der Waals surface area contributed by atoms with Crippen LogP contribution in [0.15, 0.2) is 72.1 Å². The van der Waals surface area contributed by atoms with Crippen molar-refractivity contribution in [2.24, 2.45) is 0 Å². The fraction of sp³-hybridized carbons (Fsp3) is 0.250. The van der Waals surface area contributed by atoms with Gasteiger partial charge in [-0.05, 0) is 36.4 Å². The predicted molar refractivity (Wildman–Crippen MR) is 104 cm³/mol. The van der Waals surface area contributed by atoms with Crippen LogP contribution in [-0.4, -0.2) is 52.1 Å². The zero-order valence-electron chi connectivity index (χ0n) is 15.0. The molecule has 2 aromatic carbocycles. The SMILES string of the molecule is C=CCN(c1ccc(C(=O)N2CCOCC2)cc1)S(=O)(=O)c1ccccc1. The Labute approximate surface area is 159 Å². The quantitative estimate of drug-likeness (QED) is 0.716. The molecular formula is C20H22N2O4S. The average molecular weight is 386 g/mol. The highest BCUT2D eigenvalue weighted by Crippen LogP contribution is 2.24. The van der Waals surface area contributed by atoms with Gasteiger partial charge in [-0.3, -0.25) is 9.10 Å². The lowest BCUT2D eigenvalue weighted by atomic mass is 10.1. The summed E-state index contributed by atoms with van der Waals surface area (Å²) in [5.74, 6) is -0.0777. The lowest BCUT2D eigenvalue weighted by Crippen LogP contribution is -2.40. The van der Waals surface area contributed by atoms with Crippen LogP contribution in [0, 0.1) is 0 Å². The number of hydrogen-bond donors (Lipinski definition) is 0. The highest BCUT2D eigenvalue weighted by Gasteiger charge is 2.24. The summed E-state index contributed by atoms with van der Waals surface area (Å²) in [6.07, 6.45) is 1.54. The normalized spacial score (nSPS) is 14.6. The summed E-state index contributed by atoms with van der Waals surface area (Å²) in [5.41, 5.74) is 1.01. The molecule has 1 heterocycles. The Morgan fingerprint density at radius 3 is 2.30 bits per heavy atom. The van der Waals surface area contributed by atoms with E-state index in [1.165, 1.54) is 10.4 Å². The first-order chi connectivity index (χ1) is 13.0. The molecule has 0 unspecified atom stereocenters. The number of carbonyl (C=O) groups excluding carboxylic acids is 1. The molecule has 0 N–H and O–H groups in total. The van der Waals surface area contributed by atoms with E-state index in [4.69, 9.17) is 4.74 Å². The number of ether oxygens (including phenoxy) is 1. The smallest absolute Gasteiger partial charge is 0.264 e. The fourth-order valence-corrected chi connectivity index (χ4v) is 4.36. The molecule has 0 spiro atoms. The Morgan fingerprint density at radius 1 is 1.07 bits per heavy atom. The molecule has 0 aromatic heterocycles. The molecule has 0 saturated carbocycles. The monoisotopic (exact) mass is 386 g/mol. The van der Waals surface area contributed by atoms with Crippen molar-refractivity contribution in [3.8, 4) is 0 Å². The van der Waals surface area contributed by atoms with Gasteiger partial charge >= 0.3 is 0 Å². The van der Waals surface area contributed by atoms with Crippen LogP contribution in [0.2, 0.25) is 0 Å². The van der Waals surface area contributed by atoms with Gasteiger partial charge in [0.05, 0.1) is 30.3 Å². The van der Waals surface area contributed by atoms with Crippen molar-refractivity contribution in [3.05, 3.63) is 72.8 Å². The Morgan fingerprint density at radius 2 is 1.70 bits per heavy atom. The van der Waals surface area contributed by atoms with E-state index in [1.54, 1.807) is 59.5 Å². The van der Waals surface area contributed by atoms with Crippen molar-refractivity contribution >= 4 is 21.6 Å². The molecule has 1 amide bonds. The third-order valence-electron chi connectivity index (χ3n) is 4.33. The topological polar surface area (TPSA) is 66.9 Å². The zero-order valence-corrected chi connectivity index (χ0v) is 15.8. The van der Waals surface area contributed by atoms with Crippen LogP contribution in [0.3, 0.4) is 0 Å². The molecule has 6 nitrogen and oxygen atoms in total. The van der Waals surface area contributed by atoms with E-state index in [2.05, 4.69) is 6.58 Å². The van der Waals surface area contributed by atoms with E-state index in [0.29, 0.717) is 37.6 Å². The second-order valence-electron chi connectivity index (χ2n) is 6.09. The predicted octanol–water partition coefficient (Wildman–Crippen LogP) is 2.54. The number of amides is 1. The minimum atomic E-state index is -3.72. The minimum absolute atomic E-state index is 0.0777. The van der Waals surface area contributed by atoms with E-state index < -0.39 is 10.0 Å². The summed E-state index contributed by atoms with van der Waals surface area (Å²) in [6, 6.07) is 14.9. The highest BCUT2D eigenvalue weighted by atomic mass is 32.2. The molecule has 27 heavy (non-hydrogen) atoms. The van der Waals surface area contributed by atoms with Gasteiger partial charge in [-0.1, -0.05) is 24.3 Å². The van der Waals surface area contributed by atoms with Crippen LogP contribution in [0.4, 0.5) is 5.69 Å². The van der Waals surface area contributed by atoms with Gasteiger partial charge in [-0.15, -0.1) is 6.58 Å². The van der Waals surface area contributed by atoms with Gasteiger partial charge in [-0.25, -0.2) is 8.42 Å². The first-order valence-electron chi connectivity index (χ1n) is 8.70. The summed E-state index contributed by atoms with van der Waals surface area (Å²) in [7, 11) is -3.72. The number of sulfonamides is 1. The third-order valence-corrected chi connectivity index (χ3v) is 6.13. The minimum Gasteiger partial charge on any atom is -0.378 e. The molecule has 0 aliphatic carbocycles. The zero-order chi connectivity index (χ0) is 19.3. The summed E-state index contributed by atoms with van der Waals surface area (Å²) in [4.78, 5) is 14.5. The molecule has 0 radical (unpaired) electrons. The first kappa shape index (κ1) is 19.1. The van der Waals surface area contributed by atoms with Crippen LogP contribution in [0.1, 0.15) is 10.4 Å². The maximum Gasteiger partial charge on any atom is 0.264 e. The van der Waals surface area contributed by atoms with Crippen molar-refractivity contribution in [1.82, 2.24) is 4.90 Å². The Balaban J connectivity index is 1.86. The molecule has 7 heteroatoms. The van der Waals surface area contributed by atoms with E-state index in [-0.39, 0.29) is 17.3 Å². The molecule has 1 aliphatic rings. The number of hydrogen-bond acceptors (Lipinski definition) is 4. The van der Waals surface area contributed by atoms with Gasteiger partial charge in [0.2, 0.25) is 0 Å². The Bertz CT molecular complexity index is 889. The van der Waals surface area contributed by atoms with Crippen LogP contribution in [0.5, 0.6) is 0 Å². The second-order valence-corrected chi connectivity index (χ2v) is 7.95. The van der Waals surface area contributed by atoms with Crippen molar-refractivity contribution in [2.45, 2.75) is 4.90 Å². The lowest BCUT2D eigenvalue weighted by Gasteiger charge is -2.27. The third kappa shape index (κ3) is 4.20. The van der Waals surface area contributed by atoms with Gasteiger partial charge in [0, 0.05) is 18.7 Å². The van der Waals surface area contributed by atoms with Crippen molar-refractivity contribution in [1.29, 1.82) is 0 Å². The maximum absolute atomic E-state index is 13.0. The van der Waals surface area contributed by atoms with Crippen molar-refractivity contribution in [2.75, 3.05) is 37.2 Å². The molecule has 142 valence electrons. The highest BCUT2D eigenvalue weighted by molar-refractivity contribution is 7.92. The Kier molecular flexibility index (Phi) is 5.93. The first-order valence-corrected chi connectivity index (χ1v) is 10.1. The molecule has 1 saturated heterocycles. The standard InChI is InChI=1S/C20H22N2O4S/c1-2-12-22(27(24,25)19-6-4-3-5-7-19)18-10-8-17(9-11-18)20(23)21-13-15-26-16-14-21/h2-11H,1,12-16H2. The summed E-state index contributed by atoms with van der Waals surface area (Å²) in [5, 5.41) is 0. The van der Waals surface area contributed by atoms with Gasteiger partial charge in [-0.2, -0.15) is 0 Å². The van der Waals surface area contributed by atoms with Gasteiger partial charge in [0.15, 0.2) is 0 Å². The van der Waals surface area contributed by atoms with Gasteiger partial charge in [0.25, 0.3) is 15.9 Å². The molecule has 1 fully saturated rings. The summed E-state index contributed by atoms with van der Waals surface area (Å²) < 4.78 is 32.5. The van der Waals surface area contributed by atoms with Crippen LogP contribution < -0.4 is 4.31 Å². The van der Waals surface area contributed by atoms with E-state index in [9.17, 15) is 13.2 Å². The molecular weight excluding hydrogens is 364 g/mol. The fourth-order valence-electron chi connectivity index (χ4n) is 2.90. The lowest BCUT2D eigenvalue weighted by molar-refractivity contribution is 0.0303. The van der Waals surface area contributed by atoms with Crippen molar-refractivity contribution < 1.29 is 17.9 Å². The molecule has 0 bridgehead atoms. The number of anilines is 1. The number of nitrogens with zero attached hydrogens (tertiary/aromatic N) is 2. The molecule has 1 aliphatic heterocycles. The molecule has 3 rings (SSSR count). The van der Waals surface area contributed by atoms with Crippen molar-refractivity contribution in [3.63, 3.8) is 0 Å². The largest absolute Gasteiger partial charge is 0.378 e. The molecule has 0 atom stereocenters. The second kappa shape index (κ2) is 8.37. The Hall–Kier alpha value is -2.64. The number of morpholine rings is 1. The summed E-state index contributed by atoms with van der Waals surface area (Å²) >= 11 is 0. The maximum atomic E-state index is 13.0. The van der Waals surface area contributed by atoms with E-state index in [1.807, 2.05) is 0 Å². The summed E-state index contributed by atoms with van der Waals surface area (Å²) in [6.45, 7) is 5.98. The van der Waals surface area contributed by atoms with E-state index in [0.717, 1.165) is 0 Å². The number of benzene rings is 2. The van der Waals surface area contributed by atoms with Gasteiger partial charge in [0.1, 0.15) is 0 Å². The average Bonchev–Trinajstić information content (AvgIpc) is 2.73. The molecule has 2 aromatic rings. The van der Waals surface area contributed by atoms with E-state index >= 15 is 0 Å². The van der Waals surface area contributed by atoms with Crippen LogP contribution in [-0.2, 0) is 14.8 Å². The van der Waals surface area contributed by atoms with Crippen LogP contribution >= 0.6 is 0 Å². The number of carbonyl (C=O) groups is 1. The van der Waals surface area contributed by atoms with Crippen LogP contribution in [0.25, 0.3) is 0 Å². The number of rotatable bonds is 6.